The Morgan fingerprint density at radius 1 is 0.439 bits per heavy atom. The van der Waals surface area contributed by atoms with Gasteiger partial charge < -0.3 is 57.8 Å². The molecule has 0 radical (unpaired) electrons. The van der Waals surface area contributed by atoms with Gasteiger partial charge in [0.15, 0.2) is 0 Å². The lowest BCUT2D eigenvalue weighted by Crippen LogP contribution is -2.15. The summed E-state index contributed by atoms with van der Waals surface area (Å²) in [6, 6.07) is 7.38. The van der Waals surface area contributed by atoms with Gasteiger partial charge in [0, 0.05) is 0 Å². The number of anilines is 1. The van der Waals surface area contributed by atoms with E-state index < -0.39 is 0 Å². The fraction of sp³-hybridized carbons (Fsp3) is 0.724. The van der Waals surface area contributed by atoms with Gasteiger partial charge in [0.2, 0.25) is 0 Å². The van der Waals surface area contributed by atoms with Crippen LogP contribution < -0.4 is 10.5 Å². The number of para-hydroxylation sites is 2. The maximum absolute atomic E-state index is 5.81. The molecule has 0 bridgehead atoms. The molecule has 1 aromatic carbocycles. The second kappa shape index (κ2) is 31.1. The largest absolute Gasteiger partial charge is 0.489 e. The summed E-state index contributed by atoms with van der Waals surface area (Å²) in [4.78, 5) is 0. The van der Waals surface area contributed by atoms with E-state index in [2.05, 4.69) is 6.58 Å². The zero-order valence-electron chi connectivity index (χ0n) is 24.5. The van der Waals surface area contributed by atoms with E-state index in [9.17, 15) is 0 Å². The minimum Gasteiger partial charge on any atom is -0.489 e. The molecular formula is C29H51NO11. The normalized spacial score (nSPS) is 11.2. The van der Waals surface area contributed by atoms with Gasteiger partial charge in [0.1, 0.15) is 12.4 Å². The number of nitrogens with two attached hydrogens (primary N) is 1. The maximum atomic E-state index is 5.81. The lowest BCUT2D eigenvalue weighted by Gasteiger charge is -2.09. The second-order valence-corrected chi connectivity index (χ2v) is 8.26. The first-order chi connectivity index (χ1) is 20.3. The van der Waals surface area contributed by atoms with Crippen molar-refractivity contribution in [1.29, 1.82) is 0 Å². The van der Waals surface area contributed by atoms with Gasteiger partial charge >= 0.3 is 0 Å². The Hall–Kier alpha value is -1.84. The van der Waals surface area contributed by atoms with Crippen molar-refractivity contribution in [2.24, 2.45) is 0 Å². The molecule has 0 aromatic heterocycles. The summed E-state index contributed by atoms with van der Waals surface area (Å²) in [6.45, 7) is 14.4. The minimum atomic E-state index is 0.440. The molecular weight excluding hydrogens is 538 g/mol. The molecule has 0 amide bonds. The first kappa shape index (κ1) is 37.2. The highest BCUT2D eigenvalue weighted by Gasteiger charge is 1.99. The molecule has 0 saturated heterocycles. The van der Waals surface area contributed by atoms with Crippen LogP contribution in [0.25, 0.3) is 0 Å². The smallest absolute Gasteiger partial charge is 0.142 e. The summed E-state index contributed by atoms with van der Waals surface area (Å²) < 4.78 is 59.8. The van der Waals surface area contributed by atoms with Crippen LogP contribution in [0.5, 0.6) is 5.75 Å². The molecule has 0 unspecified atom stereocenters. The van der Waals surface area contributed by atoms with Gasteiger partial charge in [-0.25, -0.2) is 0 Å². The Balaban J connectivity index is 1.64. The van der Waals surface area contributed by atoms with E-state index in [1.54, 1.807) is 12.1 Å². The third-order valence-electron chi connectivity index (χ3n) is 4.99. The van der Waals surface area contributed by atoms with E-state index in [-0.39, 0.29) is 0 Å². The topological polar surface area (TPSA) is 128 Å². The van der Waals surface area contributed by atoms with E-state index in [1.807, 2.05) is 18.2 Å². The maximum Gasteiger partial charge on any atom is 0.142 e. The highest BCUT2D eigenvalue weighted by molar-refractivity contribution is 5.51. The molecule has 12 nitrogen and oxygen atoms in total. The molecule has 0 aliphatic rings. The van der Waals surface area contributed by atoms with E-state index in [1.165, 1.54) is 0 Å². The van der Waals surface area contributed by atoms with Gasteiger partial charge in [-0.15, -0.1) is 6.58 Å². The van der Waals surface area contributed by atoms with Gasteiger partial charge in [-0.3, -0.25) is 0 Å². The quantitative estimate of drug-likeness (QED) is 0.0732. The molecule has 0 atom stereocenters. The van der Waals surface area contributed by atoms with Gasteiger partial charge in [-0.2, -0.15) is 0 Å². The standard InChI is InChI=1S/C29H51NO11/c1-2-7-31-8-9-32-10-11-33-12-13-34-14-15-35-16-17-36-18-19-37-20-21-38-22-23-39-24-25-40-26-27-41-29-6-4-3-5-28(29)30/h2-6H,1,7-27,30H2. The van der Waals surface area contributed by atoms with E-state index >= 15 is 0 Å². The number of benzene rings is 1. The van der Waals surface area contributed by atoms with Crippen molar-refractivity contribution in [2.75, 3.05) is 144 Å². The molecule has 0 aliphatic heterocycles. The van der Waals surface area contributed by atoms with Crippen LogP contribution in [0.15, 0.2) is 36.9 Å². The fourth-order valence-corrected chi connectivity index (χ4v) is 2.97. The van der Waals surface area contributed by atoms with E-state index in [0.29, 0.717) is 150 Å². The summed E-state index contributed by atoms with van der Waals surface area (Å²) in [6.07, 6.45) is 1.71. The SMILES string of the molecule is C=CCOCCOCCOCCOCCOCCOCCOCCOCCOCCOCCOc1ccccc1N. The highest BCUT2D eigenvalue weighted by Crippen LogP contribution is 2.19. The van der Waals surface area contributed by atoms with Crippen LogP contribution in [0.1, 0.15) is 0 Å². The molecule has 0 heterocycles. The van der Waals surface area contributed by atoms with Gasteiger partial charge in [-0.05, 0) is 12.1 Å². The van der Waals surface area contributed by atoms with Gasteiger partial charge in [0.05, 0.1) is 138 Å². The van der Waals surface area contributed by atoms with E-state index in [4.69, 9.17) is 57.8 Å². The lowest BCUT2D eigenvalue weighted by atomic mass is 10.3. The summed E-state index contributed by atoms with van der Waals surface area (Å²) in [5, 5.41) is 0. The van der Waals surface area contributed by atoms with Crippen molar-refractivity contribution in [3.05, 3.63) is 36.9 Å². The first-order valence-corrected chi connectivity index (χ1v) is 14.2. The van der Waals surface area contributed by atoms with Crippen molar-refractivity contribution in [2.45, 2.75) is 0 Å². The van der Waals surface area contributed by atoms with Crippen LogP contribution in [0.2, 0.25) is 0 Å². The molecule has 0 saturated carbocycles. The van der Waals surface area contributed by atoms with Crippen molar-refractivity contribution >= 4 is 5.69 Å². The summed E-state index contributed by atoms with van der Waals surface area (Å²) in [7, 11) is 0. The average Bonchev–Trinajstić information content (AvgIpc) is 2.98. The molecule has 0 spiro atoms. The summed E-state index contributed by atoms with van der Waals surface area (Å²) in [5.74, 6) is 0.669. The molecule has 12 heteroatoms. The third kappa shape index (κ3) is 26.8. The molecule has 1 aromatic rings. The van der Waals surface area contributed by atoms with Crippen molar-refractivity contribution in [3.63, 3.8) is 0 Å². The predicted molar refractivity (Wildman–Crippen MR) is 155 cm³/mol. The summed E-state index contributed by atoms with van der Waals surface area (Å²) in [5.41, 5.74) is 6.43. The van der Waals surface area contributed by atoms with Gasteiger partial charge in [-0.1, -0.05) is 18.2 Å². The monoisotopic (exact) mass is 589 g/mol. The number of nitrogen functional groups attached to an aromatic ring is 1. The highest BCUT2D eigenvalue weighted by atomic mass is 16.6. The Bertz CT molecular complexity index is 684. The van der Waals surface area contributed by atoms with Crippen LogP contribution in [0.4, 0.5) is 5.69 Å². The van der Waals surface area contributed by atoms with Crippen LogP contribution in [-0.2, 0) is 47.4 Å². The molecule has 1 rings (SSSR count). The first-order valence-electron chi connectivity index (χ1n) is 14.2. The Kier molecular flexibility index (Phi) is 28.2. The van der Waals surface area contributed by atoms with Crippen molar-refractivity contribution in [1.82, 2.24) is 0 Å². The fourth-order valence-electron chi connectivity index (χ4n) is 2.97. The third-order valence-corrected chi connectivity index (χ3v) is 4.99. The Labute approximate surface area is 245 Å². The predicted octanol–water partition coefficient (Wildman–Crippen LogP) is 2.00. The molecule has 0 fully saturated rings. The Morgan fingerprint density at radius 3 is 1.05 bits per heavy atom. The van der Waals surface area contributed by atoms with Crippen LogP contribution in [0, 0.1) is 0 Å². The van der Waals surface area contributed by atoms with Crippen molar-refractivity contribution in [3.8, 4) is 5.75 Å². The van der Waals surface area contributed by atoms with Crippen LogP contribution in [-0.4, -0.2) is 139 Å². The number of hydrogen-bond acceptors (Lipinski definition) is 12. The summed E-state index contributed by atoms with van der Waals surface area (Å²) >= 11 is 0. The zero-order chi connectivity index (χ0) is 29.3. The number of hydrogen-bond donors (Lipinski definition) is 1. The molecule has 238 valence electrons. The average molecular weight is 590 g/mol. The lowest BCUT2D eigenvalue weighted by molar-refractivity contribution is -0.0264. The second-order valence-electron chi connectivity index (χ2n) is 8.26. The number of ether oxygens (including phenoxy) is 11. The van der Waals surface area contributed by atoms with Crippen LogP contribution >= 0.6 is 0 Å². The molecule has 0 aliphatic carbocycles. The number of rotatable bonds is 33. The molecule has 2 N–H and O–H groups in total. The Morgan fingerprint density at radius 2 is 0.732 bits per heavy atom. The van der Waals surface area contributed by atoms with E-state index in [0.717, 1.165) is 0 Å². The molecule has 41 heavy (non-hydrogen) atoms. The zero-order valence-corrected chi connectivity index (χ0v) is 24.5. The van der Waals surface area contributed by atoms with Crippen molar-refractivity contribution < 1.29 is 52.1 Å². The van der Waals surface area contributed by atoms with Crippen LogP contribution in [0.3, 0.4) is 0 Å². The minimum absolute atomic E-state index is 0.440. The van der Waals surface area contributed by atoms with Gasteiger partial charge in [0.25, 0.3) is 0 Å².